The van der Waals surface area contributed by atoms with Gasteiger partial charge in [-0.1, -0.05) is 0 Å². The Morgan fingerprint density at radius 2 is 1.90 bits per heavy atom. The molecule has 0 spiro atoms. The minimum atomic E-state index is 0.539. The van der Waals surface area contributed by atoms with Crippen LogP contribution in [0.4, 0.5) is 0 Å². The van der Waals surface area contributed by atoms with Crippen molar-refractivity contribution in [3.05, 3.63) is 23.2 Å². The van der Waals surface area contributed by atoms with Crippen LogP contribution in [-0.4, -0.2) is 36.7 Å². The molecule has 1 aromatic carbocycles. The van der Waals surface area contributed by atoms with Gasteiger partial charge in [0.15, 0.2) is 17.3 Å². The average Bonchev–Trinajstić information content (AvgIpc) is 3.05. The van der Waals surface area contributed by atoms with E-state index in [-0.39, 0.29) is 0 Å². The van der Waals surface area contributed by atoms with Gasteiger partial charge in [0.2, 0.25) is 0 Å². The first-order valence-electron chi connectivity index (χ1n) is 7.08. The molecular formula is C15H19N3O2S. The van der Waals surface area contributed by atoms with Gasteiger partial charge in [0.05, 0.1) is 14.2 Å². The standard InChI is InChI=1S/C15H19N3O2S/c1-19-12-4-3-11(9-13(12)20-2)14-17-15(21-18-14)10-5-7-16-8-6-10/h3-4,9-10,16H,5-8H2,1-2H3. The SMILES string of the molecule is COc1ccc(-c2nsc(C3CCNCC3)n2)cc1OC. The summed E-state index contributed by atoms with van der Waals surface area (Å²) in [7, 11) is 3.27. The smallest absolute Gasteiger partial charge is 0.173 e. The van der Waals surface area contributed by atoms with E-state index < -0.39 is 0 Å². The molecule has 0 unspecified atom stereocenters. The molecule has 0 radical (unpaired) electrons. The van der Waals surface area contributed by atoms with Gasteiger partial charge >= 0.3 is 0 Å². The van der Waals surface area contributed by atoms with E-state index in [1.165, 1.54) is 11.5 Å². The van der Waals surface area contributed by atoms with Crippen LogP contribution in [0.3, 0.4) is 0 Å². The molecule has 1 aliphatic rings. The van der Waals surface area contributed by atoms with Crippen molar-refractivity contribution in [3.8, 4) is 22.9 Å². The fourth-order valence-electron chi connectivity index (χ4n) is 2.56. The number of benzene rings is 1. The van der Waals surface area contributed by atoms with Crippen LogP contribution >= 0.6 is 11.5 Å². The maximum Gasteiger partial charge on any atom is 0.173 e. The molecule has 0 aliphatic carbocycles. The highest BCUT2D eigenvalue weighted by molar-refractivity contribution is 7.05. The Bertz CT molecular complexity index is 609. The summed E-state index contributed by atoms with van der Waals surface area (Å²) in [4.78, 5) is 4.72. The van der Waals surface area contributed by atoms with E-state index in [9.17, 15) is 0 Å². The van der Waals surface area contributed by atoms with Crippen LogP contribution in [0, 0.1) is 0 Å². The maximum atomic E-state index is 5.34. The van der Waals surface area contributed by atoms with Gasteiger partial charge in [-0.15, -0.1) is 0 Å². The number of nitrogens with zero attached hydrogens (tertiary/aromatic N) is 2. The quantitative estimate of drug-likeness (QED) is 0.941. The third kappa shape index (κ3) is 3.01. The second-order valence-electron chi connectivity index (χ2n) is 5.05. The molecule has 1 N–H and O–H groups in total. The van der Waals surface area contributed by atoms with E-state index in [0.717, 1.165) is 48.1 Å². The molecule has 3 rings (SSSR count). The van der Waals surface area contributed by atoms with Crippen molar-refractivity contribution in [2.45, 2.75) is 18.8 Å². The summed E-state index contributed by atoms with van der Waals surface area (Å²) in [5.74, 6) is 2.73. The third-order valence-corrected chi connectivity index (χ3v) is 4.65. The Balaban J connectivity index is 1.85. The second kappa shape index (κ2) is 6.41. The Kier molecular flexibility index (Phi) is 4.36. The summed E-state index contributed by atoms with van der Waals surface area (Å²) >= 11 is 1.51. The number of piperidine rings is 1. The molecule has 1 saturated heterocycles. The number of rotatable bonds is 4. The molecule has 1 fully saturated rings. The molecule has 0 saturated carbocycles. The van der Waals surface area contributed by atoms with Crippen LogP contribution in [0.5, 0.6) is 11.5 Å². The van der Waals surface area contributed by atoms with Gasteiger partial charge in [-0.3, -0.25) is 0 Å². The molecule has 112 valence electrons. The second-order valence-corrected chi connectivity index (χ2v) is 5.83. The van der Waals surface area contributed by atoms with Crippen LogP contribution < -0.4 is 14.8 Å². The average molecular weight is 305 g/mol. The molecule has 2 heterocycles. The fraction of sp³-hybridized carbons (Fsp3) is 0.467. The highest BCUT2D eigenvalue weighted by atomic mass is 32.1. The Morgan fingerprint density at radius 1 is 1.14 bits per heavy atom. The van der Waals surface area contributed by atoms with Crippen molar-refractivity contribution in [1.29, 1.82) is 0 Å². The van der Waals surface area contributed by atoms with Gasteiger partial charge in [-0.05, 0) is 55.7 Å². The summed E-state index contributed by atoms with van der Waals surface area (Å²) in [6.07, 6.45) is 2.28. The number of hydrogen-bond acceptors (Lipinski definition) is 6. The van der Waals surface area contributed by atoms with Gasteiger partial charge in [-0.25, -0.2) is 4.98 Å². The van der Waals surface area contributed by atoms with Crippen molar-refractivity contribution < 1.29 is 9.47 Å². The molecule has 1 aliphatic heterocycles. The van der Waals surface area contributed by atoms with Crippen LogP contribution in [0.1, 0.15) is 23.8 Å². The summed E-state index contributed by atoms with van der Waals surface area (Å²) in [6.45, 7) is 2.13. The largest absolute Gasteiger partial charge is 0.493 e. The lowest BCUT2D eigenvalue weighted by Crippen LogP contribution is -2.26. The Hall–Kier alpha value is -1.66. The molecule has 1 aromatic heterocycles. The molecular weight excluding hydrogens is 286 g/mol. The van der Waals surface area contributed by atoms with Crippen LogP contribution in [-0.2, 0) is 0 Å². The first-order chi connectivity index (χ1) is 10.3. The Morgan fingerprint density at radius 3 is 2.62 bits per heavy atom. The van der Waals surface area contributed by atoms with E-state index in [0.29, 0.717) is 11.7 Å². The van der Waals surface area contributed by atoms with Crippen LogP contribution in [0.15, 0.2) is 18.2 Å². The minimum absolute atomic E-state index is 0.539. The summed E-state index contributed by atoms with van der Waals surface area (Å²) in [5, 5.41) is 4.52. The monoisotopic (exact) mass is 305 g/mol. The predicted octanol–water partition coefficient (Wildman–Crippen LogP) is 2.69. The van der Waals surface area contributed by atoms with Gasteiger partial charge in [0.25, 0.3) is 0 Å². The lowest BCUT2D eigenvalue weighted by Gasteiger charge is -2.19. The number of hydrogen-bond donors (Lipinski definition) is 1. The van der Waals surface area contributed by atoms with Gasteiger partial charge in [0, 0.05) is 11.5 Å². The molecule has 0 bridgehead atoms. The van der Waals surface area contributed by atoms with Crippen LogP contribution in [0.25, 0.3) is 11.4 Å². The zero-order chi connectivity index (χ0) is 14.7. The zero-order valence-corrected chi connectivity index (χ0v) is 13.1. The molecule has 2 aromatic rings. The van der Waals surface area contributed by atoms with Gasteiger partial charge in [0.1, 0.15) is 5.01 Å². The molecule has 0 amide bonds. The van der Waals surface area contributed by atoms with Crippen molar-refractivity contribution in [2.75, 3.05) is 27.3 Å². The maximum absolute atomic E-state index is 5.34. The van der Waals surface area contributed by atoms with Crippen molar-refractivity contribution in [2.24, 2.45) is 0 Å². The van der Waals surface area contributed by atoms with Crippen molar-refractivity contribution in [3.63, 3.8) is 0 Å². The van der Waals surface area contributed by atoms with Crippen LogP contribution in [0.2, 0.25) is 0 Å². The Labute approximate surface area is 128 Å². The first-order valence-corrected chi connectivity index (χ1v) is 7.86. The van der Waals surface area contributed by atoms with Crippen molar-refractivity contribution in [1.82, 2.24) is 14.7 Å². The summed E-state index contributed by atoms with van der Waals surface area (Å²) in [5.41, 5.74) is 0.962. The minimum Gasteiger partial charge on any atom is -0.493 e. The van der Waals surface area contributed by atoms with E-state index >= 15 is 0 Å². The highest BCUT2D eigenvalue weighted by Gasteiger charge is 2.20. The van der Waals surface area contributed by atoms with E-state index in [4.69, 9.17) is 14.5 Å². The molecule has 21 heavy (non-hydrogen) atoms. The van der Waals surface area contributed by atoms with Gasteiger partial charge in [-0.2, -0.15) is 4.37 Å². The van der Waals surface area contributed by atoms with E-state index in [2.05, 4.69) is 9.69 Å². The van der Waals surface area contributed by atoms with Crippen molar-refractivity contribution >= 4 is 11.5 Å². The molecule has 0 atom stereocenters. The fourth-order valence-corrected chi connectivity index (χ4v) is 3.40. The lowest BCUT2D eigenvalue weighted by molar-refractivity contribution is 0.355. The number of ether oxygens (including phenoxy) is 2. The number of aromatic nitrogens is 2. The topological polar surface area (TPSA) is 56.3 Å². The third-order valence-electron chi connectivity index (χ3n) is 3.77. The number of methoxy groups -OCH3 is 2. The zero-order valence-electron chi connectivity index (χ0n) is 12.3. The predicted molar refractivity (Wildman–Crippen MR) is 83.3 cm³/mol. The first kappa shape index (κ1) is 14.3. The molecule has 5 nitrogen and oxygen atoms in total. The normalized spacial score (nSPS) is 15.9. The highest BCUT2D eigenvalue weighted by Crippen LogP contribution is 2.33. The summed E-state index contributed by atoms with van der Waals surface area (Å²) in [6, 6.07) is 5.78. The molecule has 6 heteroatoms. The lowest BCUT2D eigenvalue weighted by atomic mass is 9.99. The number of nitrogens with one attached hydrogen (secondary N) is 1. The van der Waals surface area contributed by atoms with E-state index in [1.54, 1.807) is 14.2 Å². The summed E-state index contributed by atoms with van der Waals surface area (Å²) < 4.78 is 15.1. The van der Waals surface area contributed by atoms with Gasteiger partial charge < -0.3 is 14.8 Å². The van der Waals surface area contributed by atoms with E-state index in [1.807, 2.05) is 18.2 Å².